The van der Waals surface area contributed by atoms with Gasteiger partial charge in [0, 0.05) is 20.1 Å². The van der Waals surface area contributed by atoms with Crippen molar-refractivity contribution >= 4 is 12.2 Å². The Bertz CT molecular complexity index is 233. The largest absolute Gasteiger partial charge is 0.400 e. The molecule has 0 aliphatic carbocycles. The first kappa shape index (κ1) is 26.9. The molecule has 2 N–H and O–H groups in total. The number of hydrogen-bond acceptors (Lipinski definition) is 5. The molecule has 140 valence electrons. The first-order chi connectivity index (χ1) is 11.2. The normalized spacial score (nSPS) is 12.6. The van der Waals surface area contributed by atoms with E-state index in [2.05, 4.69) is 17.1 Å². The van der Waals surface area contributed by atoms with Gasteiger partial charge in [-0.15, -0.1) is 0 Å². The fourth-order valence-corrected chi connectivity index (χ4v) is 1.83. The number of carbonyl (C=O) groups is 2. The summed E-state index contributed by atoms with van der Waals surface area (Å²) in [5, 5.41) is 9.45. The molecule has 0 unspecified atom stereocenters. The Hall–Kier alpha value is -0.980. The number of carbonyl (C=O) groups excluding carboxylic acids is 2. The molecule has 0 aromatic carbocycles. The van der Waals surface area contributed by atoms with Crippen LogP contribution < -0.4 is 5.32 Å². The van der Waals surface area contributed by atoms with Crippen molar-refractivity contribution < 1.29 is 19.4 Å². The van der Waals surface area contributed by atoms with Gasteiger partial charge in [-0.25, -0.2) is 0 Å². The zero-order valence-electron chi connectivity index (χ0n) is 15.8. The van der Waals surface area contributed by atoms with Gasteiger partial charge < -0.3 is 20.1 Å². The van der Waals surface area contributed by atoms with E-state index in [0.29, 0.717) is 32.6 Å². The molecule has 1 rings (SSSR count). The van der Waals surface area contributed by atoms with Gasteiger partial charge in [0.1, 0.15) is 5.78 Å². The first-order valence-electron chi connectivity index (χ1n) is 8.62. The molecular weight excluding hydrogens is 296 g/mol. The van der Waals surface area contributed by atoms with Crippen LogP contribution >= 0.6 is 0 Å². The van der Waals surface area contributed by atoms with E-state index >= 15 is 0 Å². The molecule has 0 atom stereocenters. The van der Waals surface area contributed by atoms with E-state index in [1.807, 2.05) is 13.8 Å². The van der Waals surface area contributed by atoms with Crippen LogP contribution in [0.2, 0.25) is 0 Å². The fourth-order valence-electron chi connectivity index (χ4n) is 1.83. The second-order valence-electron chi connectivity index (χ2n) is 4.69. The van der Waals surface area contributed by atoms with Crippen molar-refractivity contribution in [1.82, 2.24) is 10.2 Å². The quantitative estimate of drug-likeness (QED) is 0.497. The first-order valence-corrected chi connectivity index (χ1v) is 8.62. The maximum absolute atomic E-state index is 10.4. The minimum atomic E-state index is 0.119. The van der Waals surface area contributed by atoms with Crippen LogP contribution in [0.1, 0.15) is 53.4 Å². The summed E-state index contributed by atoms with van der Waals surface area (Å²) in [5.74, 6) is 0.119. The van der Waals surface area contributed by atoms with E-state index in [1.165, 1.54) is 45.8 Å². The number of ether oxygens (including phenoxy) is 1. The SMILES string of the molecule is CC.CC(=O)CCOCCNC=O.CCCN1CCCC1.CO. The topological polar surface area (TPSA) is 78.9 Å². The Balaban J connectivity index is -0.000000292. The number of nitrogens with zero attached hydrogens (tertiary/aromatic N) is 1. The van der Waals surface area contributed by atoms with E-state index in [0.717, 1.165) is 7.11 Å². The average molecular weight is 335 g/mol. The summed E-state index contributed by atoms with van der Waals surface area (Å²) < 4.78 is 5.00. The van der Waals surface area contributed by atoms with Gasteiger partial charge in [0.05, 0.1) is 13.2 Å². The summed E-state index contributed by atoms with van der Waals surface area (Å²) in [6, 6.07) is 0. The lowest BCUT2D eigenvalue weighted by atomic mass is 10.3. The summed E-state index contributed by atoms with van der Waals surface area (Å²) in [4.78, 5) is 22.6. The second kappa shape index (κ2) is 25.9. The lowest BCUT2D eigenvalue weighted by Crippen LogP contribution is -2.19. The Morgan fingerprint density at radius 3 is 2.22 bits per heavy atom. The maximum Gasteiger partial charge on any atom is 0.207 e. The van der Waals surface area contributed by atoms with Crippen molar-refractivity contribution in [3.05, 3.63) is 0 Å². The molecule has 0 aromatic heterocycles. The molecule has 0 bridgehead atoms. The van der Waals surface area contributed by atoms with Crippen LogP contribution in [0.25, 0.3) is 0 Å². The molecule has 0 aromatic rings. The Morgan fingerprint density at radius 2 is 1.78 bits per heavy atom. The summed E-state index contributed by atoms with van der Waals surface area (Å²) in [7, 11) is 1.00. The van der Waals surface area contributed by atoms with Crippen LogP contribution in [0.4, 0.5) is 0 Å². The van der Waals surface area contributed by atoms with E-state index < -0.39 is 0 Å². The molecule has 6 heteroatoms. The molecule has 1 aliphatic heterocycles. The van der Waals surface area contributed by atoms with Crippen LogP contribution in [-0.4, -0.2) is 68.7 Å². The highest BCUT2D eigenvalue weighted by molar-refractivity contribution is 5.75. The lowest BCUT2D eigenvalue weighted by molar-refractivity contribution is -0.118. The third-order valence-corrected chi connectivity index (χ3v) is 2.81. The molecule has 1 fully saturated rings. The number of hydrogen-bond donors (Lipinski definition) is 2. The smallest absolute Gasteiger partial charge is 0.207 e. The molecule has 1 aliphatic rings. The van der Waals surface area contributed by atoms with E-state index in [9.17, 15) is 9.59 Å². The third kappa shape index (κ3) is 26.3. The van der Waals surface area contributed by atoms with Crippen LogP contribution in [-0.2, 0) is 14.3 Å². The van der Waals surface area contributed by atoms with Gasteiger partial charge in [0.15, 0.2) is 0 Å². The van der Waals surface area contributed by atoms with Gasteiger partial charge in [0.25, 0.3) is 0 Å². The monoisotopic (exact) mass is 334 g/mol. The molecule has 1 amide bonds. The Kier molecular flexibility index (Phi) is 30.3. The van der Waals surface area contributed by atoms with Crippen LogP contribution in [0, 0.1) is 0 Å². The number of aliphatic hydroxyl groups is 1. The van der Waals surface area contributed by atoms with Gasteiger partial charge in [-0.05, 0) is 45.8 Å². The fraction of sp³-hybridized carbons (Fsp3) is 0.882. The zero-order valence-corrected chi connectivity index (χ0v) is 15.8. The highest BCUT2D eigenvalue weighted by Crippen LogP contribution is 2.06. The zero-order chi connectivity index (χ0) is 18.3. The van der Waals surface area contributed by atoms with Crippen molar-refractivity contribution in [1.29, 1.82) is 0 Å². The molecular formula is C17H38N2O4. The van der Waals surface area contributed by atoms with E-state index in [-0.39, 0.29) is 5.78 Å². The third-order valence-electron chi connectivity index (χ3n) is 2.81. The lowest BCUT2D eigenvalue weighted by Gasteiger charge is -2.11. The summed E-state index contributed by atoms with van der Waals surface area (Å²) >= 11 is 0. The van der Waals surface area contributed by atoms with Gasteiger partial charge >= 0.3 is 0 Å². The predicted octanol–water partition coefficient (Wildman–Crippen LogP) is 1.86. The Labute approximate surface area is 142 Å². The Morgan fingerprint density at radius 1 is 1.22 bits per heavy atom. The van der Waals surface area contributed by atoms with Gasteiger partial charge in [0.2, 0.25) is 6.41 Å². The number of aliphatic hydroxyl groups excluding tert-OH is 1. The van der Waals surface area contributed by atoms with Crippen molar-refractivity contribution in [3.8, 4) is 0 Å². The summed E-state index contributed by atoms with van der Waals surface area (Å²) in [6.45, 7) is 13.2. The maximum atomic E-state index is 10.4. The summed E-state index contributed by atoms with van der Waals surface area (Å²) in [6.07, 6.45) is 5.25. The second-order valence-corrected chi connectivity index (χ2v) is 4.69. The molecule has 0 radical (unpaired) electrons. The number of ketones is 1. The van der Waals surface area contributed by atoms with Gasteiger partial charge in [-0.3, -0.25) is 9.59 Å². The number of rotatable bonds is 9. The predicted molar refractivity (Wildman–Crippen MR) is 95.6 cm³/mol. The van der Waals surface area contributed by atoms with Gasteiger partial charge in [-0.1, -0.05) is 20.8 Å². The summed E-state index contributed by atoms with van der Waals surface area (Å²) in [5.41, 5.74) is 0. The van der Waals surface area contributed by atoms with Crippen molar-refractivity contribution in [2.75, 3.05) is 46.5 Å². The van der Waals surface area contributed by atoms with Crippen LogP contribution in [0.15, 0.2) is 0 Å². The van der Waals surface area contributed by atoms with Gasteiger partial charge in [-0.2, -0.15) is 0 Å². The molecule has 0 saturated carbocycles. The van der Waals surface area contributed by atoms with Crippen molar-refractivity contribution in [3.63, 3.8) is 0 Å². The standard InChI is InChI=1S/C7H13NO3.C7H15N.C2H6.CH4O/c1-7(10)2-4-11-5-3-8-6-9;1-2-5-8-6-3-4-7-8;2*1-2/h6H,2-5H2,1H3,(H,8,9);2-7H2,1H3;1-2H3;2H,1H3. The highest BCUT2D eigenvalue weighted by Gasteiger charge is 2.08. The molecule has 23 heavy (non-hydrogen) atoms. The minimum absolute atomic E-state index is 0.119. The molecule has 1 heterocycles. The number of nitrogens with one attached hydrogen (secondary N) is 1. The highest BCUT2D eigenvalue weighted by atomic mass is 16.5. The number of Topliss-reactive ketones (excluding diaryl/α,β-unsaturated/α-hetero) is 1. The molecule has 6 nitrogen and oxygen atoms in total. The van der Waals surface area contributed by atoms with Crippen molar-refractivity contribution in [2.24, 2.45) is 0 Å². The van der Waals surface area contributed by atoms with E-state index in [1.54, 1.807) is 0 Å². The average Bonchev–Trinajstić information content (AvgIpc) is 3.09. The molecule has 1 saturated heterocycles. The van der Waals surface area contributed by atoms with Crippen LogP contribution in [0.3, 0.4) is 0 Å². The molecule has 0 spiro atoms. The van der Waals surface area contributed by atoms with Crippen LogP contribution in [0.5, 0.6) is 0 Å². The van der Waals surface area contributed by atoms with Crippen molar-refractivity contribution in [2.45, 2.75) is 53.4 Å². The number of amides is 1. The number of likely N-dealkylation sites (tertiary alicyclic amines) is 1. The van der Waals surface area contributed by atoms with E-state index in [4.69, 9.17) is 9.84 Å². The minimum Gasteiger partial charge on any atom is -0.400 e.